The molecular formula is C17H22N8O3. The average Bonchev–Trinajstić information content (AvgIpc) is 3.33. The summed E-state index contributed by atoms with van der Waals surface area (Å²) < 4.78 is 4.90. The van der Waals surface area contributed by atoms with Gasteiger partial charge in [-0.15, -0.1) is 0 Å². The summed E-state index contributed by atoms with van der Waals surface area (Å²) in [5, 5.41) is 26.5. The van der Waals surface area contributed by atoms with Gasteiger partial charge >= 0.3 is 5.69 Å². The number of amides is 1. The summed E-state index contributed by atoms with van der Waals surface area (Å²) in [6.45, 7) is 6.63. The van der Waals surface area contributed by atoms with Crippen LogP contribution in [0.3, 0.4) is 0 Å². The van der Waals surface area contributed by atoms with Crippen molar-refractivity contribution in [3.05, 3.63) is 57.4 Å². The van der Waals surface area contributed by atoms with Crippen molar-refractivity contribution in [2.75, 3.05) is 6.54 Å². The zero-order valence-electron chi connectivity index (χ0n) is 16.0. The van der Waals surface area contributed by atoms with Crippen molar-refractivity contribution in [1.82, 2.24) is 34.7 Å². The molecule has 0 bridgehead atoms. The van der Waals surface area contributed by atoms with E-state index in [4.69, 9.17) is 0 Å². The molecule has 148 valence electrons. The molecule has 11 heteroatoms. The van der Waals surface area contributed by atoms with E-state index in [0.29, 0.717) is 17.9 Å². The SMILES string of the molecule is Cc1nn(Cn2ccc(C(=O)NCCCn3nccc3C)n2)c(C)c1[N+](=O)[O-]. The molecule has 28 heavy (non-hydrogen) atoms. The molecule has 0 aliphatic heterocycles. The summed E-state index contributed by atoms with van der Waals surface area (Å²) in [7, 11) is 0. The summed E-state index contributed by atoms with van der Waals surface area (Å²) in [6, 6.07) is 3.54. The molecule has 0 aliphatic rings. The van der Waals surface area contributed by atoms with Gasteiger partial charge in [-0.05, 0) is 39.3 Å². The molecule has 0 spiro atoms. The van der Waals surface area contributed by atoms with E-state index in [1.165, 1.54) is 9.36 Å². The Bertz CT molecular complexity index is 1000. The fourth-order valence-electron chi connectivity index (χ4n) is 2.94. The highest BCUT2D eigenvalue weighted by molar-refractivity contribution is 5.92. The molecular weight excluding hydrogens is 364 g/mol. The lowest BCUT2D eigenvalue weighted by molar-refractivity contribution is -0.386. The Morgan fingerprint density at radius 1 is 1.21 bits per heavy atom. The highest BCUT2D eigenvalue weighted by Gasteiger charge is 2.22. The molecule has 0 saturated carbocycles. The fourth-order valence-corrected chi connectivity index (χ4v) is 2.94. The Morgan fingerprint density at radius 3 is 2.64 bits per heavy atom. The molecule has 3 rings (SSSR count). The first-order chi connectivity index (χ1) is 13.4. The number of nitrogens with zero attached hydrogens (tertiary/aromatic N) is 7. The lowest BCUT2D eigenvalue weighted by atomic mass is 10.3. The lowest BCUT2D eigenvalue weighted by Gasteiger charge is -2.06. The number of aryl methyl sites for hydroxylation is 3. The van der Waals surface area contributed by atoms with Gasteiger partial charge in [-0.1, -0.05) is 0 Å². The molecule has 0 fully saturated rings. The number of rotatable bonds is 8. The number of carbonyl (C=O) groups excluding carboxylic acids is 1. The van der Waals surface area contributed by atoms with E-state index >= 15 is 0 Å². The minimum absolute atomic E-state index is 0.00228. The van der Waals surface area contributed by atoms with Crippen molar-refractivity contribution in [2.24, 2.45) is 0 Å². The van der Waals surface area contributed by atoms with Crippen LogP contribution in [0, 0.1) is 30.9 Å². The molecule has 0 saturated heterocycles. The van der Waals surface area contributed by atoms with E-state index in [2.05, 4.69) is 20.6 Å². The number of nitro groups is 1. The molecule has 0 aromatic carbocycles. The maximum atomic E-state index is 12.2. The van der Waals surface area contributed by atoms with Crippen LogP contribution in [0.4, 0.5) is 5.69 Å². The summed E-state index contributed by atoms with van der Waals surface area (Å²) in [4.78, 5) is 22.9. The zero-order valence-corrected chi connectivity index (χ0v) is 16.0. The van der Waals surface area contributed by atoms with Gasteiger partial charge in [0.1, 0.15) is 23.8 Å². The van der Waals surface area contributed by atoms with Crippen LogP contribution in [0.25, 0.3) is 0 Å². The van der Waals surface area contributed by atoms with Crippen LogP contribution in [0.2, 0.25) is 0 Å². The number of hydrogen-bond donors (Lipinski definition) is 1. The van der Waals surface area contributed by atoms with Gasteiger partial charge < -0.3 is 5.32 Å². The second-order valence-corrected chi connectivity index (χ2v) is 6.46. The highest BCUT2D eigenvalue weighted by Crippen LogP contribution is 2.21. The average molecular weight is 386 g/mol. The lowest BCUT2D eigenvalue weighted by Crippen LogP contribution is -2.26. The van der Waals surface area contributed by atoms with Crippen LogP contribution in [-0.2, 0) is 13.2 Å². The van der Waals surface area contributed by atoms with Crippen molar-refractivity contribution in [1.29, 1.82) is 0 Å². The molecule has 1 N–H and O–H groups in total. The second-order valence-electron chi connectivity index (χ2n) is 6.46. The van der Waals surface area contributed by atoms with Crippen LogP contribution < -0.4 is 5.32 Å². The topological polar surface area (TPSA) is 126 Å². The van der Waals surface area contributed by atoms with Gasteiger partial charge in [0.25, 0.3) is 5.91 Å². The van der Waals surface area contributed by atoms with Crippen LogP contribution >= 0.6 is 0 Å². The molecule has 1 amide bonds. The minimum Gasteiger partial charge on any atom is -0.351 e. The zero-order chi connectivity index (χ0) is 20.3. The normalized spacial score (nSPS) is 11.0. The number of nitrogens with one attached hydrogen (secondary N) is 1. The largest absolute Gasteiger partial charge is 0.351 e. The maximum absolute atomic E-state index is 12.2. The van der Waals surface area contributed by atoms with E-state index in [1.54, 1.807) is 32.3 Å². The summed E-state index contributed by atoms with van der Waals surface area (Å²) in [5.74, 6) is -0.268. The molecule has 3 heterocycles. The molecule has 11 nitrogen and oxygen atoms in total. The van der Waals surface area contributed by atoms with Gasteiger partial charge in [-0.2, -0.15) is 15.3 Å². The van der Waals surface area contributed by atoms with E-state index < -0.39 is 4.92 Å². The Balaban J connectivity index is 1.55. The summed E-state index contributed by atoms with van der Waals surface area (Å²) in [6.07, 6.45) is 4.15. The van der Waals surface area contributed by atoms with Gasteiger partial charge in [-0.3, -0.25) is 24.3 Å². The standard InChI is InChI=1S/C17H22N8O3/c1-12-5-8-19-23(12)9-4-7-18-17(26)15-6-10-22(21-15)11-24-14(3)16(25(27)28)13(2)20-24/h5-6,8,10H,4,7,9,11H2,1-3H3,(H,18,26). The predicted octanol–water partition coefficient (Wildman–Crippen LogP) is 1.44. The number of carbonyl (C=O) groups is 1. The van der Waals surface area contributed by atoms with Gasteiger partial charge in [0.2, 0.25) is 0 Å². The monoisotopic (exact) mass is 386 g/mol. The molecule has 0 atom stereocenters. The van der Waals surface area contributed by atoms with Crippen LogP contribution in [-0.4, -0.2) is 46.7 Å². The third-order valence-electron chi connectivity index (χ3n) is 4.44. The van der Waals surface area contributed by atoms with Gasteiger partial charge in [-0.25, -0.2) is 4.68 Å². The van der Waals surface area contributed by atoms with E-state index in [-0.39, 0.29) is 24.0 Å². The van der Waals surface area contributed by atoms with Crippen molar-refractivity contribution in [2.45, 2.75) is 40.4 Å². The van der Waals surface area contributed by atoms with Crippen LogP contribution in [0.15, 0.2) is 24.5 Å². The second kappa shape index (κ2) is 8.03. The Hall–Kier alpha value is -3.50. The highest BCUT2D eigenvalue weighted by atomic mass is 16.6. The first-order valence-electron chi connectivity index (χ1n) is 8.85. The number of hydrogen-bond acceptors (Lipinski definition) is 6. The summed E-state index contributed by atoms with van der Waals surface area (Å²) in [5.41, 5.74) is 2.15. The maximum Gasteiger partial charge on any atom is 0.312 e. The van der Waals surface area contributed by atoms with Crippen molar-refractivity contribution < 1.29 is 9.72 Å². The van der Waals surface area contributed by atoms with E-state index in [0.717, 1.165) is 18.7 Å². The third-order valence-corrected chi connectivity index (χ3v) is 4.44. The fraction of sp³-hybridized carbons (Fsp3) is 0.412. The Morgan fingerprint density at radius 2 is 2.00 bits per heavy atom. The van der Waals surface area contributed by atoms with Crippen LogP contribution in [0.1, 0.15) is 34.0 Å². The Labute approximate surface area is 161 Å². The van der Waals surface area contributed by atoms with Gasteiger partial charge in [0, 0.05) is 31.2 Å². The quantitative estimate of drug-likeness (QED) is 0.355. The smallest absolute Gasteiger partial charge is 0.312 e. The molecule has 0 unspecified atom stereocenters. The van der Waals surface area contributed by atoms with E-state index in [1.807, 2.05) is 17.7 Å². The van der Waals surface area contributed by atoms with Crippen molar-refractivity contribution in [3.8, 4) is 0 Å². The van der Waals surface area contributed by atoms with Crippen molar-refractivity contribution in [3.63, 3.8) is 0 Å². The van der Waals surface area contributed by atoms with Crippen LogP contribution in [0.5, 0.6) is 0 Å². The first-order valence-corrected chi connectivity index (χ1v) is 8.85. The molecule has 0 radical (unpaired) electrons. The number of aromatic nitrogens is 6. The van der Waals surface area contributed by atoms with Gasteiger partial charge in [0.15, 0.2) is 0 Å². The molecule has 3 aromatic rings. The van der Waals surface area contributed by atoms with Gasteiger partial charge in [0.05, 0.1) is 4.92 Å². The third kappa shape index (κ3) is 4.08. The minimum atomic E-state index is -0.444. The van der Waals surface area contributed by atoms with Crippen molar-refractivity contribution >= 4 is 11.6 Å². The summed E-state index contributed by atoms with van der Waals surface area (Å²) >= 11 is 0. The van der Waals surface area contributed by atoms with E-state index in [9.17, 15) is 14.9 Å². The first kappa shape index (κ1) is 19.3. The molecule has 3 aromatic heterocycles. The predicted molar refractivity (Wildman–Crippen MR) is 99.9 cm³/mol. The Kier molecular flexibility index (Phi) is 5.52. The molecule has 0 aliphatic carbocycles.